The molecule has 0 unspecified atom stereocenters. The van der Waals surface area contributed by atoms with Gasteiger partial charge < -0.3 is 5.32 Å². The molecule has 0 saturated heterocycles. The number of rotatable bonds is 5. The van der Waals surface area contributed by atoms with Gasteiger partial charge in [0.25, 0.3) is 0 Å². The highest BCUT2D eigenvalue weighted by Crippen LogP contribution is 2.35. The summed E-state index contributed by atoms with van der Waals surface area (Å²) < 4.78 is 0. The zero-order chi connectivity index (χ0) is 14.5. The van der Waals surface area contributed by atoms with Crippen molar-refractivity contribution < 1.29 is 0 Å². The number of nitrogens with zero attached hydrogens (tertiary/aromatic N) is 2. The quantitative estimate of drug-likeness (QED) is 0.886. The number of aromatic nitrogens is 2. The fourth-order valence-electron chi connectivity index (χ4n) is 3.28. The largest absolute Gasteiger partial charge is 0.313 e. The van der Waals surface area contributed by atoms with Crippen molar-refractivity contribution in [2.75, 3.05) is 6.54 Å². The molecule has 112 valence electrons. The molecule has 1 heterocycles. The maximum Gasteiger partial charge on any atom is 0.131 e. The van der Waals surface area contributed by atoms with E-state index in [4.69, 9.17) is 9.97 Å². The summed E-state index contributed by atoms with van der Waals surface area (Å²) in [5, 5.41) is 3.38. The van der Waals surface area contributed by atoms with Crippen molar-refractivity contribution in [1.29, 1.82) is 0 Å². The van der Waals surface area contributed by atoms with E-state index in [1.807, 2.05) is 0 Å². The summed E-state index contributed by atoms with van der Waals surface area (Å²) in [6, 6.07) is 0. The van der Waals surface area contributed by atoms with Crippen LogP contribution in [0.5, 0.6) is 0 Å². The van der Waals surface area contributed by atoms with Crippen molar-refractivity contribution in [3.05, 3.63) is 22.8 Å². The zero-order valence-electron chi connectivity index (χ0n) is 13.5. The van der Waals surface area contributed by atoms with Crippen molar-refractivity contribution in [2.45, 2.75) is 72.3 Å². The zero-order valence-corrected chi connectivity index (χ0v) is 13.5. The van der Waals surface area contributed by atoms with E-state index in [0.29, 0.717) is 5.92 Å². The smallest absolute Gasteiger partial charge is 0.131 e. The van der Waals surface area contributed by atoms with Crippen LogP contribution in [0, 0.1) is 19.8 Å². The lowest BCUT2D eigenvalue weighted by Gasteiger charge is -2.27. The van der Waals surface area contributed by atoms with Gasteiger partial charge in [-0.05, 0) is 52.0 Å². The van der Waals surface area contributed by atoms with Crippen molar-refractivity contribution >= 4 is 0 Å². The van der Waals surface area contributed by atoms with E-state index in [1.165, 1.54) is 37.7 Å². The van der Waals surface area contributed by atoms with Crippen molar-refractivity contribution in [2.24, 2.45) is 5.92 Å². The van der Waals surface area contributed by atoms with Crippen LogP contribution in [-0.4, -0.2) is 16.5 Å². The lowest BCUT2D eigenvalue weighted by atomic mass is 9.80. The van der Waals surface area contributed by atoms with E-state index in [2.05, 4.69) is 33.0 Å². The van der Waals surface area contributed by atoms with Crippen LogP contribution in [0.1, 0.15) is 74.6 Å². The molecule has 1 saturated carbocycles. The molecule has 0 amide bonds. The van der Waals surface area contributed by atoms with Crippen molar-refractivity contribution in [1.82, 2.24) is 15.3 Å². The molecule has 1 aliphatic carbocycles. The summed E-state index contributed by atoms with van der Waals surface area (Å²) in [5.41, 5.74) is 3.59. The molecule has 1 fully saturated rings. The minimum absolute atomic E-state index is 0.586. The highest BCUT2D eigenvalue weighted by atomic mass is 14.9. The van der Waals surface area contributed by atoms with Crippen LogP contribution in [-0.2, 0) is 6.54 Å². The van der Waals surface area contributed by atoms with Gasteiger partial charge in [-0.15, -0.1) is 0 Å². The minimum atomic E-state index is 0.586. The van der Waals surface area contributed by atoms with E-state index >= 15 is 0 Å². The molecular weight excluding hydrogens is 246 g/mol. The number of hydrogen-bond acceptors (Lipinski definition) is 3. The summed E-state index contributed by atoms with van der Waals surface area (Å²) in [4.78, 5) is 9.62. The second-order valence-electron chi connectivity index (χ2n) is 6.14. The normalized spacial score (nSPS) is 23.0. The molecule has 20 heavy (non-hydrogen) atoms. The predicted molar refractivity (Wildman–Crippen MR) is 83.9 cm³/mol. The molecule has 1 aromatic heterocycles. The summed E-state index contributed by atoms with van der Waals surface area (Å²) >= 11 is 0. The fraction of sp³-hybridized carbons (Fsp3) is 0.765. The Morgan fingerprint density at radius 2 is 1.60 bits per heavy atom. The summed E-state index contributed by atoms with van der Waals surface area (Å²) in [7, 11) is 0. The molecule has 1 aromatic rings. The summed E-state index contributed by atoms with van der Waals surface area (Å²) in [6.45, 7) is 10.6. The Morgan fingerprint density at radius 1 is 1.00 bits per heavy atom. The van der Waals surface area contributed by atoms with Gasteiger partial charge in [-0.2, -0.15) is 0 Å². The second-order valence-corrected chi connectivity index (χ2v) is 6.14. The van der Waals surface area contributed by atoms with E-state index in [0.717, 1.165) is 36.2 Å². The van der Waals surface area contributed by atoms with Crippen LogP contribution in [0.25, 0.3) is 0 Å². The van der Waals surface area contributed by atoms with Gasteiger partial charge in [0, 0.05) is 29.4 Å². The molecule has 0 radical (unpaired) electrons. The Labute approximate surface area is 123 Å². The first-order chi connectivity index (χ1) is 9.65. The average Bonchev–Trinajstić information content (AvgIpc) is 2.46. The second kappa shape index (κ2) is 7.16. The molecule has 0 atom stereocenters. The predicted octanol–water partition coefficient (Wildman–Crippen LogP) is 3.89. The molecule has 0 aromatic carbocycles. The van der Waals surface area contributed by atoms with Crippen LogP contribution in [0.2, 0.25) is 0 Å². The highest BCUT2D eigenvalue weighted by molar-refractivity contribution is 5.25. The SMILES string of the molecule is CCNCc1c(C)nc(C2CCC(CC)CC2)nc1C. The molecule has 2 rings (SSSR count). The highest BCUT2D eigenvalue weighted by Gasteiger charge is 2.24. The third-order valence-corrected chi connectivity index (χ3v) is 4.78. The molecule has 3 nitrogen and oxygen atoms in total. The average molecular weight is 275 g/mol. The first-order valence-electron chi connectivity index (χ1n) is 8.20. The topological polar surface area (TPSA) is 37.8 Å². The Bertz CT molecular complexity index is 411. The third kappa shape index (κ3) is 3.57. The van der Waals surface area contributed by atoms with Crippen LogP contribution in [0.15, 0.2) is 0 Å². The Morgan fingerprint density at radius 3 is 2.10 bits per heavy atom. The van der Waals surface area contributed by atoms with Crippen LogP contribution < -0.4 is 5.32 Å². The molecule has 1 aliphatic rings. The van der Waals surface area contributed by atoms with E-state index in [-0.39, 0.29) is 0 Å². The third-order valence-electron chi connectivity index (χ3n) is 4.78. The maximum atomic E-state index is 4.81. The van der Waals surface area contributed by atoms with E-state index in [1.54, 1.807) is 0 Å². The summed E-state index contributed by atoms with van der Waals surface area (Å²) in [6.07, 6.45) is 6.56. The van der Waals surface area contributed by atoms with Gasteiger partial charge in [0.1, 0.15) is 5.82 Å². The molecule has 0 spiro atoms. The van der Waals surface area contributed by atoms with Crippen molar-refractivity contribution in [3.8, 4) is 0 Å². The van der Waals surface area contributed by atoms with Gasteiger partial charge in [-0.25, -0.2) is 9.97 Å². The van der Waals surface area contributed by atoms with Crippen molar-refractivity contribution in [3.63, 3.8) is 0 Å². The van der Waals surface area contributed by atoms with Gasteiger partial charge >= 0.3 is 0 Å². The van der Waals surface area contributed by atoms with Gasteiger partial charge in [-0.3, -0.25) is 0 Å². The number of aryl methyl sites for hydroxylation is 2. The lowest BCUT2D eigenvalue weighted by molar-refractivity contribution is 0.311. The molecule has 3 heteroatoms. The van der Waals surface area contributed by atoms with Gasteiger partial charge in [0.15, 0.2) is 0 Å². The standard InChI is InChI=1S/C17H29N3/c1-5-14-7-9-15(10-8-14)17-19-12(3)16(11-18-6-2)13(4)20-17/h14-15,18H,5-11H2,1-4H3. The number of hydrogen-bond donors (Lipinski definition) is 1. The minimum Gasteiger partial charge on any atom is -0.313 e. The van der Waals surface area contributed by atoms with Gasteiger partial charge in [-0.1, -0.05) is 20.3 Å². The van der Waals surface area contributed by atoms with E-state index < -0.39 is 0 Å². The molecule has 1 N–H and O–H groups in total. The monoisotopic (exact) mass is 275 g/mol. The summed E-state index contributed by atoms with van der Waals surface area (Å²) in [5.74, 6) is 2.61. The van der Waals surface area contributed by atoms with Gasteiger partial charge in [0.05, 0.1) is 0 Å². The number of nitrogens with one attached hydrogen (secondary N) is 1. The first kappa shape index (κ1) is 15.4. The first-order valence-corrected chi connectivity index (χ1v) is 8.20. The molecule has 0 aliphatic heterocycles. The Kier molecular flexibility index (Phi) is 5.53. The van der Waals surface area contributed by atoms with Crippen LogP contribution in [0.3, 0.4) is 0 Å². The Balaban J connectivity index is 2.10. The fourth-order valence-corrected chi connectivity index (χ4v) is 3.28. The van der Waals surface area contributed by atoms with E-state index in [9.17, 15) is 0 Å². The molecular formula is C17H29N3. The van der Waals surface area contributed by atoms with Crippen LogP contribution in [0.4, 0.5) is 0 Å². The maximum absolute atomic E-state index is 4.81. The lowest BCUT2D eigenvalue weighted by Crippen LogP contribution is -2.19. The Hall–Kier alpha value is -0.960. The van der Waals surface area contributed by atoms with Gasteiger partial charge in [0.2, 0.25) is 0 Å². The molecule has 0 bridgehead atoms. The van der Waals surface area contributed by atoms with Crippen LogP contribution >= 0.6 is 0 Å².